The summed E-state index contributed by atoms with van der Waals surface area (Å²) in [5.41, 5.74) is 7.26. The van der Waals surface area contributed by atoms with Crippen molar-refractivity contribution in [3.05, 3.63) is 24.3 Å². The van der Waals surface area contributed by atoms with Gasteiger partial charge in [0.2, 0.25) is 0 Å². The van der Waals surface area contributed by atoms with Crippen molar-refractivity contribution < 1.29 is 0 Å². The molecule has 5 heteroatoms. The van der Waals surface area contributed by atoms with Crippen LogP contribution in [0.4, 0.5) is 0 Å². The highest BCUT2D eigenvalue weighted by atomic mass is 127. The van der Waals surface area contributed by atoms with E-state index < -0.39 is 0 Å². The molecule has 1 aliphatic heterocycles. The summed E-state index contributed by atoms with van der Waals surface area (Å²) >= 11 is 2.40. The zero-order chi connectivity index (χ0) is 8.39. The molecule has 2 heterocycles. The van der Waals surface area contributed by atoms with E-state index in [-0.39, 0.29) is 0 Å². The number of aromatic nitrogens is 2. The van der Waals surface area contributed by atoms with Gasteiger partial charge in [0.1, 0.15) is 0 Å². The molecule has 4 nitrogen and oxygen atoms in total. The molecule has 2 atom stereocenters. The molecule has 0 bridgehead atoms. The van der Waals surface area contributed by atoms with Crippen LogP contribution >= 0.6 is 22.6 Å². The van der Waals surface area contributed by atoms with Gasteiger partial charge in [0.05, 0.1) is 17.9 Å². The molecule has 0 radical (unpaired) electrons. The second kappa shape index (κ2) is 3.63. The van der Waals surface area contributed by atoms with E-state index in [1.54, 1.807) is 18.6 Å². The topological polar surface area (TPSA) is 49.8 Å². The van der Waals surface area contributed by atoms with Gasteiger partial charge < -0.3 is 0 Å². The van der Waals surface area contributed by atoms with Gasteiger partial charge in [-0.05, 0) is 0 Å². The molecule has 0 aromatic carbocycles. The zero-order valence-electron chi connectivity index (χ0n) is 6.37. The Morgan fingerprint density at radius 2 is 2.42 bits per heavy atom. The van der Waals surface area contributed by atoms with Gasteiger partial charge in [-0.15, -0.1) is 0 Å². The van der Waals surface area contributed by atoms with E-state index in [0.29, 0.717) is 9.97 Å². The van der Waals surface area contributed by atoms with Gasteiger partial charge in [-0.25, -0.2) is 5.43 Å². The number of hydrogen-bond acceptors (Lipinski definition) is 4. The number of alkyl halides is 1. The smallest absolute Gasteiger partial charge is 0.0780 e. The Labute approximate surface area is 84.3 Å². The van der Waals surface area contributed by atoms with E-state index >= 15 is 0 Å². The molecule has 0 saturated carbocycles. The fourth-order valence-electron chi connectivity index (χ4n) is 1.21. The Bertz CT molecular complexity index is 253. The van der Waals surface area contributed by atoms with Crippen molar-refractivity contribution in [1.82, 2.24) is 20.8 Å². The van der Waals surface area contributed by atoms with Crippen LogP contribution in [0.15, 0.2) is 18.6 Å². The van der Waals surface area contributed by atoms with E-state index in [9.17, 15) is 0 Å². The van der Waals surface area contributed by atoms with Crippen molar-refractivity contribution >= 4 is 22.6 Å². The molecule has 1 fully saturated rings. The maximum atomic E-state index is 4.24. The fourth-order valence-corrected chi connectivity index (χ4v) is 1.97. The minimum Gasteiger partial charge on any atom is -0.261 e. The first-order valence-electron chi connectivity index (χ1n) is 3.76. The van der Waals surface area contributed by atoms with Crippen LogP contribution in [0.3, 0.4) is 0 Å². The van der Waals surface area contributed by atoms with Crippen molar-refractivity contribution in [2.45, 2.75) is 9.97 Å². The number of hydrogen-bond donors (Lipinski definition) is 2. The lowest BCUT2D eigenvalue weighted by molar-refractivity contribution is 0.573. The van der Waals surface area contributed by atoms with Crippen molar-refractivity contribution in [1.29, 1.82) is 0 Å². The number of nitrogens with one attached hydrogen (secondary N) is 2. The van der Waals surface area contributed by atoms with Crippen molar-refractivity contribution in [2.24, 2.45) is 0 Å². The minimum absolute atomic E-state index is 0.291. The molecule has 2 unspecified atom stereocenters. The summed E-state index contributed by atoms with van der Waals surface area (Å²) in [7, 11) is 0. The van der Waals surface area contributed by atoms with Crippen molar-refractivity contribution in [3.8, 4) is 0 Å². The summed E-state index contributed by atoms with van der Waals surface area (Å²) in [6, 6.07) is 0.291. The summed E-state index contributed by atoms with van der Waals surface area (Å²) in [4.78, 5) is 8.27. The molecule has 0 amide bonds. The Kier molecular flexibility index (Phi) is 2.52. The maximum absolute atomic E-state index is 4.24. The molecule has 0 spiro atoms. The van der Waals surface area contributed by atoms with E-state index in [1.807, 2.05) is 0 Å². The van der Waals surface area contributed by atoms with Gasteiger partial charge in [-0.3, -0.25) is 15.4 Å². The van der Waals surface area contributed by atoms with Gasteiger partial charge in [-0.2, -0.15) is 0 Å². The van der Waals surface area contributed by atoms with E-state index in [4.69, 9.17) is 0 Å². The molecular formula is C7H9IN4. The average Bonchev–Trinajstić information content (AvgIpc) is 2.53. The Balaban J connectivity index is 2.19. The molecule has 64 valence electrons. The average molecular weight is 276 g/mol. The van der Waals surface area contributed by atoms with Crippen LogP contribution in [-0.2, 0) is 0 Å². The third-order valence-corrected chi connectivity index (χ3v) is 2.98. The highest BCUT2D eigenvalue weighted by Gasteiger charge is 2.26. The molecule has 1 aromatic heterocycles. The van der Waals surface area contributed by atoms with Crippen LogP contribution < -0.4 is 10.9 Å². The maximum Gasteiger partial charge on any atom is 0.0780 e. The van der Waals surface area contributed by atoms with Crippen LogP contribution in [0.25, 0.3) is 0 Å². The van der Waals surface area contributed by atoms with Gasteiger partial charge in [-0.1, -0.05) is 22.6 Å². The predicted octanol–water partition coefficient (Wildman–Crippen LogP) is 0.429. The molecule has 1 saturated heterocycles. The molecule has 1 aromatic rings. The lowest BCUT2D eigenvalue weighted by Gasteiger charge is -2.10. The predicted molar refractivity (Wildman–Crippen MR) is 53.7 cm³/mol. The minimum atomic E-state index is 0.291. The quantitative estimate of drug-likeness (QED) is 0.577. The standard InChI is InChI=1S/C7H9IN4/c8-5-3-11-12-7(5)6-4-9-1-2-10-6/h1-2,4-5,7,11-12H,3H2. The third-order valence-electron chi connectivity index (χ3n) is 1.82. The highest BCUT2D eigenvalue weighted by Crippen LogP contribution is 2.22. The van der Waals surface area contributed by atoms with Crippen molar-refractivity contribution in [2.75, 3.05) is 6.54 Å². The van der Waals surface area contributed by atoms with Crippen LogP contribution in [0.2, 0.25) is 0 Å². The Morgan fingerprint density at radius 3 is 3.00 bits per heavy atom. The lowest BCUT2D eigenvalue weighted by Crippen LogP contribution is -2.25. The molecule has 2 rings (SSSR count). The number of hydrazine groups is 1. The number of nitrogens with zero attached hydrogens (tertiary/aromatic N) is 2. The number of halogens is 1. The SMILES string of the molecule is IC1CNNC1c1cnccn1. The lowest BCUT2D eigenvalue weighted by atomic mass is 10.2. The normalized spacial score (nSPS) is 29.1. The Hall–Kier alpha value is -0.270. The van der Waals surface area contributed by atoms with Gasteiger partial charge in [0.25, 0.3) is 0 Å². The summed E-state index contributed by atoms with van der Waals surface area (Å²) < 4.78 is 0.541. The zero-order valence-corrected chi connectivity index (χ0v) is 8.52. The second-order valence-electron chi connectivity index (χ2n) is 2.65. The molecular weight excluding hydrogens is 267 g/mol. The van der Waals surface area contributed by atoms with Gasteiger partial charge in [0.15, 0.2) is 0 Å². The number of rotatable bonds is 1. The van der Waals surface area contributed by atoms with Crippen LogP contribution in [0, 0.1) is 0 Å². The van der Waals surface area contributed by atoms with E-state index in [2.05, 4.69) is 43.4 Å². The second-order valence-corrected chi connectivity index (χ2v) is 4.25. The van der Waals surface area contributed by atoms with Gasteiger partial charge in [0, 0.05) is 22.9 Å². The summed E-state index contributed by atoms with van der Waals surface area (Å²) in [6.45, 7) is 0.974. The first-order valence-corrected chi connectivity index (χ1v) is 5.01. The fraction of sp³-hybridized carbons (Fsp3) is 0.429. The van der Waals surface area contributed by atoms with Crippen LogP contribution in [0.5, 0.6) is 0 Å². The van der Waals surface area contributed by atoms with Crippen LogP contribution in [-0.4, -0.2) is 20.4 Å². The van der Waals surface area contributed by atoms with Crippen molar-refractivity contribution in [3.63, 3.8) is 0 Å². The molecule has 12 heavy (non-hydrogen) atoms. The monoisotopic (exact) mass is 276 g/mol. The first-order chi connectivity index (χ1) is 5.88. The summed E-state index contributed by atoms with van der Waals surface area (Å²) in [5.74, 6) is 0. The van der Waals surface area contributed by atoms with Crippen LogP contribution in [0.1, 0.15) is 11.7 Å². The first kappa shape index (κ1) is 8.33. The molecule has 1 aliphatic rings. The van der Waals surface area contributed by atoms with Gasteiger partial charge >= 0.3 is 0 Å². The summed E-state index contributed by atoms with van der Waals surface area (Å²) in [5, 5.41) is 0. The largest absolute Gasteiger partial charge is 0.261 e. The van der Waals surface area contributed by atoms with E-state index in [0.717, 1.165) is 12.2 Å². The highest BCUT2D eigenvalue weighted by molar-refractivity contribution is 14.1. The third kappa shape index (κ3) is 1.57. The summed E-state index contributed by atoms with van der Waals surface area (Å²) in [6.07, 6.45) is 5.21. The van der Waals surface area contributed by atoms with E-state index in [1.165, 1.54) is 0 Å². The Morgan fingerprint density at radius 1 is 1.50 bits per heavy atom. The molecule has 0 aliphatic carbocycles. The molecule has 2 N–H and O–H groups in total.